The molecular weight excluding hydrogens is 432 g/mol. The maximum Gasteiger partial charge on any atom is 0.295 e. The number of phenols is 1. The van der Waals surface area contributed by atoms with Crippen molar-refractivity contribution < 1.29 is 24.5 Å². The Morgan fingerprint density at radius 2 is 1.65 bits per heavy atom. The predicted octanol–water partition coefficient (Wildman–Crippen LogP) is 4.19. The lowest BCUT2D eigenvalue weighted by Crippen LogP contribution is -2.38. The van der Waals surface area contributed by atoms with Gasteiger partial charge in [-0.3, -0.25) is 9.59 Å². The Labute approximate surface area is 201 Å². The maximum absolute atomic E-state index is 13.1. The number of hydrogen-bond donors (Lipinski definition) is 2. The first-order valence-corrected chi connectivity index (χ1v) is 11.8. The minimum atomic E-state index is -0.743. The molecule has 1 saturated heterocycles. The Kier molecular flexibility index (Phi) is 8.34. The van der Waals surface area contributed by atoms with E-state index in [0.717, 1.165) is 13.1 Å². The van der Waals surface area contributed by atoms with Gasteiger partial charge < -0.3 is 24.7 Å². The number of aliphatic hydroxyl groups excluding tert-OH is 1. The number of likely N-dealkylation sites (tertiary alicyclic amines) is 1. The molecule has 2 aromatic rings. The molecule has 7 heteroatoms. The largest absolute Gasteiger partial charge is 0.508 e. The van der Waals surface area contributed by atoms with E-state index in [4.69, 9.17) is 4.74 Å². The van der Waals surface area contributed by atoms with E-state index in [9.17, 15) is 19.8 Å². The number of nitrogens with zero attached hydrogens (tertiary/aromatic N) is 2. The Morgan fingerprint density at radius 3 is 2.21 bits per heavy atom. The molecule has 0 unspecified atom stereocenters. The van der Waals surface area contributed by atoms with E-state index in [1.54, 1.807) is 36.4 Å². The lowest BCUT2D eigenvalue weighted by Gasteiger charge is -2.28. The maximum atomic E-state index is 13.1. The van der Waals surface area contributed by atoms with E-state index in [1.165, 1.54) is 17.0 Å². The van der Waals surface area contributed by atoms with Crippen LogP contribution in [-0.4, -0.2) is 64.5 Å². The zero-order valence-corrected chi connectivity index (χ0v) is 20.3. The van der Waals surface area contributed by atoms with Crippen LogP contribution in [0.5, 0.6) is 11.5 Å². The van der Waals surface area contributed by atoms with E-state index >= 15 is 0 Å². The van der Waals surface area contributed by atoms with Gasteiger partial charge in [0.15, 0.2) is 0 Å². The van der Waals surface area contributed by atoms with Crippen molar-refractivity contribution in [1.29, 1.82) is 0 Å². The molecule has 182 valence electrons. The summed E-state index contributed by atoms with van der Waals surface area (Å²) in [6.07, 6.45) is 0. The second kappa shape index (κ2) is 11.2. The number of rotatable bonds is 10. The molecule has 3 rings (SSSR count). The summed E-state index contributed by atoms with van der Waals surface area (Å²) in [6, 6.07) is 12.5. The quantitative estimate of drug-likeness (QED) is 0.310. The summed E-state index contributed by atoms with van der Waals surface area (Å²) >= 11 is 0. The summed E-state index contributed by atoms with van der Waals surface area (Å²) in [6.45, 7) is 11.4. The Balaban J connectivity index is 2.00. The zero-order valence-electron chi connectivity index (χ0n) is 20.3. The number of ether oxygens (including phenoxy) is 1. The highest BCUT2D eigenvalue weighted by atomic mass is 16.5. The lowest BCUT2D eigenvalue weighted by molar-refractivity contribution is -0.140. The molecule has 7 nitrogen and oxygen atoms in total. The van der Waals surface area contributed by atoms with Crippen molar-refractivity contribution in [2.24, 2.45) is 5.92 Å². The third-order valence-electron chi connectivity index (χ3n) is 6.01. The van der Waals surface area contributed by atoms with Crippen molar-refractivity contribution in [3.05, 3.63) is 65.2 Å². The van der Waals surface area contributed by atoms with Crippen LogP contribution in [-0.2, 0) is 9.59 Å². The molecule has 0 saturated carbocycles. The van der Waals surface area contributed by atoms with Crippen LogP contribution >= 0.6 is 0 Å². The standard InChI is InChI=1S/C27H34N2O5/c1-5-28(6-2)15-16-29-24(19-7-11-21(30)12-8-19)23(26(32)27(29)33)25(31)20-9-13-22(14-10-20)34-17-18(3)4/h7-14,18,24,30-31H,5-6,15-17H2,1-4H3/t24-/m1/s1. The molecule has 0 spiro atoms. The van der Waals surface area contributed by atoms with Crippen molar-refractivity contribution in [1.82, 2.24) is 9.80 Å². The summed E-state index contributed by atoms with van der Waals surface area (Å²) < 4.78 is 5.70. The molecule has 0 aliphatic carbocycles. The highest BCUT2D eigenvalue weighted by Gasteiger charge is 2.45. The first-order valence-electron chi connectivity index (χ1n) is 11.8. The van der Waals surface area contributed by atoms with Crippen LogP contribution in [0.1, 0.15) is 44.9 Å². The van der Waals surface area contributed by atoms with E-state index in [-0.39, 0.29) is 17.1 Å². The number of carbonyl (C=O) groups is 2. The van der Waals surface area contributed by atoms with Crippen molar-refractivity contribution in [3.8, 4) is 11.5 Å². The number of likely N-dealkylation sites (N-methyl/N-ethyl adjacent to an activating group) is 1. The summed E-state index contributed by atoms with van der Waals surface area (Å²) in [7, 11) is 0. The smallest absolute Gasteiger partial charge is 0.295 e. The fourth-order valence-corrected chi connectivity index (χ4v) is 4.03. The first-order chi connectivity index (χ1) is 16.3. The van der Waals surface area contributed by atoms with Gasteiger partial charge in [0.2, 0.25) is 0 Å². The normalized spacial score (nSPS) is 17.7. The number of Topliss-reactive ketones (excluding diaryl/α,β-unsaturated/α-hetero) is 1. The van der Waals surface area contributed by atoms with E-state index in [2.05, 4.69) is 18.7 Å². The Hall–Kier alpha value is -3.32. The van der Waals surface area contributed by atoms with Crippen molar-refractivity contribution in [2.75, 3.05) is 32.8 Å². The first kappa shape index (κ1) is 25.3. The highest BCUT2D eigenvalue weighted by molar-refractivity contribution is 6.46. The molecule has 2 N–H and O–H groups in total. The van der Waals surface area contributed by atoms with Crippen LogP contribution in [0.15, 0.2) is 54.1 Å². The number of aliphatic hydroxyl groups is 1. The van der Waals surface area contributed by atoms with Gasteiger partial charge >= 0.3 is 0 Å². The van der Waals surface area contributed by atoms with Gasteiger partial charge in [0.05, 0.1) is 18.2 Å². The van der Waals surface area contributed by atoms with Gasteiger partial charge in [0, 0.05) is 18.7 Å². The topological polar surface area (TPSA) is 90.3 Å². The predicted molar refractivity (Wildman–Crippen MR) is 132 cm³/mol. The number of amides is 1. The number of phenolic OH excluding ortho intramolecular Hbond substituents is 1. The molecule has 1 heterocycles. The molecule has 0 radical (unpaired) electrons. The van der Waals surface area contributed by atoms with Gasteiger partial charge in [-0.15, -0.1) is 0 Å². The average Bonchev–Trinajstić information content (AvgIpc) is 3.08. The summed E-state index contributed by atoms with van der Waals surface area (Å²) in [5, 5.41) is 20.9. The monoisotopic (exact) mass is 466 g/mol. The van der Waals surface area contributed by atoms with Crippen molar-refractivity contribution in [3.63, 3.8) is 0 Å². The number of aromatic hydroxyl groups is 1. The minimum absolute atomic E-state index is 0.0473. The summed E-state index contributed by atoms with van der Waals surface area (Å²) in [4.78, 5) is 29.8. The third kappa shape index (κ3) is 5.59. The molecule has 1 aliphatic heterocycles. The van der Waals surface area contributed by atoms with Crippen LogP contribution < -0.4 is 4.74 Å². The van der Waals surface area contributed by atoms with E-state index < -0.39 is 17.7 Å². The van der Waals surface area contributed by atoms with Crippen LogP contribution in [0.4, 0.5) is 0 Å². The second-order valence-corrected chi connectivity index (χ2v) is 8.84. The molecule has 1 aliphatic rings. The molecule has 0 aromatic heterocycles. The van der Waals surface area contributed by atoms with Crippen molar-refractivity contribution >= 4 is 17.4 Å². The minimum Gasteiger partial charge on any atom is -0.508 e. The van der Waals surface area contributed by atoms with Gasteiger partial charge in [-0.25, -0.2) is 0 Å². The van der Waals surface area contributed by atoms with Gasteiger partial charge in [-0.1, -0.05) is 39.8 Å². The second-order valence-electron chi connectivity index (χ2n) is 8.84. The fourth-order valence-electron chi connectivity index (χ4n) is 4.03. The Bertz CT molecular complexity index is 1020. The number of ketones is 1. The molecule has 1 atom stereocenters. The Morgan fingerprint density at radius 1 is 1.03 bits per heavy atom. The molecule has 2 aromatic carbocycles. The van der Waals surface area contributed by atoms with Crippen LogP contribution in [0.25, 0.3) is 5.76 Å². The van der Waals surface area contributed by atoms with Gasteiger partial charge in [-0.05, 0) is 61.0 Å². The summed E-state index contributed by atoms with van der Waals surface area (Å²) in [5.41, 5.74) is 1.13. The van der Waals surface area contributed by atoms with Crippen LogP contribution in [0, 0.1) is 5.92 Å². The molecule has 34 heavy (non-hydrogen) atoms. The van der Waals surface area contributed by atoms with Gasteiger partial charge in [0.1, 0.15) is 17.3 Å². The molecular formula is C27H34N2O5. The van der Waals surface area contributed by atoms with E-state index in [0.29, 0.717) is 42.5 Å². The third-order valence-corrected chi connectivity index (χ3v) is 6.01. The summed E-state index contributed by atoms with van der Waals surface area (Å²) in [5.74, 6) is -0.442. The van der Waals surface area contributed by atoms with E-state index in [1.807, 2.05) is 13.8 Å². The lowest BCUT2D eigenvalue weighted by atomic mass is 9.95. The van der Waals surface area contributed by atoms with Crippen LogP contribution in [0.2, 0.25) is 0 Å². The zero-order chi connectivity index (χ0) is 24.8. The van der Waals surface area contributed by atoms with Crippen LogP contribution in [0.3, 0.4) is 0 Å². The molecule has 1 fully saturated rings. The highest BCUT2D eigenvalue weighted by Crippen LogP contribution is 2.39. The number of hydrogen-bond acceptors (Lipinski definition) is 6. The molecule has 0 bridgehead atoms. The van der Waals surface area contributed by atoms with Gasteiger partial charge in [-0.2, -0.15) is 0 Å². The fraction of sp³-hybridized carbons (Fsp3) is 0.407. The SMILES string of the molecule is CCN(CC)CCN1C(=O)C(=O)C(=C(O)c2ccc(OCC(C)C)cc2)[C@H]1c1ccc(O)cc1. The number of carbonyl (C=O) groups excluding carboxylic acids is 2. The van der Waals surface area contributed by atoms with Crippen molar-refractivity contribution in [2.45, 2.75) is 33.7 Å². The molecule has 1 amide bonds. The average molecular weight is 467 g/mol. The number of benzene rings is 2. The van der Waals surface area contributed by atoms with Gasteiger partial charge in [0.25, 0.3) is 11.7 Å².